The molecule has 0 saturated carbocycles. The Kier molecular flexibility index (Phi) is 5.84. The molecule has 196 valence electrons. The molecular formula is C37H36O2. The fourth-order valence-corrected chi connectivity index (χ4v) is 5.97. The van der Waals surface area contributed by atoms with Gasteiger partial charge in [-0.2, -0.15) is 0 Å². The van der Waals surface area contributed by atoms with Gasteiger partial charge in [-0.05, 0) is 56.2 Å². The van der Waals surface area contributed by atoms with Crippen LogP contribution in [0.4, 0.5) is 0 Å². The number of rotatable bonds is 2. The molecule has 0 radical (unpaired) electrons. The minimum absolute atomic E-state index is 0.0624. The van der Waals surface area contributed by atoms with Crippen LogP contribution in [-0.2, 0) is 10.8 Å². The third kappa shape index (κ3) is 4.29. The largest absolute Gasteiger partial charge is 0.507 e. The van der Waals surface area contributed by atoms with Crippen molar-refractivity contribution in [3.05, 3.63) is 125 Å². The highest BCUT2D eigenvalue weighted by atomic mass is 16.5. The summed E-state index contributed by atoms with van der Waals surface area (Å²) in [5.41, 5.74) is 7.32. The van der Waals surface area contributed by atoms with Gasteiger partial charge in [0, 0.05) is 22.4 Å². The maximum Gasteiger partial charge on any atom is 0.140 e. The molecule has 39 heavy (non-hydrogen) atoms. The molecule has 2 heteroatoms. The van der Waals surface area contributed by atoms with E-state index in [1.807, 2.05) is 6.07 Å². The number of phenols is 1. The maximum absolute atomic E-state index is 11.5. The third-order valence-electron chi connectivity index (χ3n) is 7.94. The fourth-order valence-electron chi connectivity index (χ4n) is 5.97. The first-order valence-corrected chi connectivity index (χ1v) is 13.8. The highest BCUT2D eigenvalue weighted by molar-refractivity contribution is 5.97. The molecule has 1 heterocycles. The van der Waals surface area contributed by atoms with Gasteiger partial charge in [0.2, 0.25) is 0 Å². The standard InChI is InChI=1S/C37H36O2/c1-36(2,3)29-21-25(22-30(34(29)38)37(4,5)6)32-27-18-12-13-19-31(27)39-35-26-17-11-10-16-24(26)20-28(33(32)35)23-14-8-7-9-15-23/h7-22,32,38H,1-6H3/t32-/m0/s1. The molecule has 5 aromatic carbocycles. The molecule has 1 atom stereocenters. The monoisotopic (exact) mass is 512 g/mol. The van der Waals surface area contributed by atoms with Gasteiger partial charge in [0.25, 0.3) is 0 Å². The molecule has 0 unspecified atom stereocenters. The van der Waals surface area contributed by atoms with E-state index in [0.717, 1.165) is 39.0 Å². The van der Waals surface area contributed by atoms with Crippen molar-refractivity contribution in [2.75, 3.05) is 0 Å². The number of para-hydroxylation sites is 1. The Labute approximate surface area is 231 Å². The Morgan fingerprint density at radius 1 is 0.667 bits per heavy atom. The van der Waals surface area contributed by atoms with Crippen molar-refractivity contribution in [1.82, 2.24) is 0 Å². The molecule has 5 aromatic rings. The normalized spacial score (nSPS) is 15.0. The zero-order valence-corrected chi connectivity index (χ0v) is 23.7. The predicted octanol–water partition coefficient (Wildman–Crippen LogP) is 10.1. The highest BCUT2D eigenvalue weighted by Crippen LogP contribution is 2.54. The molecule has 6 rings (SSSR count). The third-order valence-corrected chi connectivity index (χ3v) is 7.94. The molecule has 0 saturated heterocycles. The van der Waals surface area contributed by atoms with Crippen LogP contribution >= 0.6 is 0 Å². The average molecular weight is 513 g/mol. The van der Waals surface area contributed by atoms with Crippen LogP contribution in [0.15, 0.2) is 97.1 Å². The Balaban J connectivity index is 1.76. The first kappa shape index (κ1) is 25.2. The first-order valence-electron chi connectivity index (χ1n) is 13.8. The van der Waals surface area contributed by atoms with Gasteiger partial charge in [-0.3, -0.25) is 0 Å². The summed E-state index contributed by atoms with van der Waals surface area (Å²) in [6.45, 7) is 13.0. The molecule has 0 bridgehead atoms. The topological polar surface area (TPSA) is 29.5 Å². The van der Waals surface area contributed by atoms with Crippen LogP contribution in [-0.4, -0.2) is 5.11 Å². The highest BCUT2D eigenvalue weighted by Gasteiger charge is 2.35. The van der Waals surface area contributed by atoms with Crippen molar-refractivity contribution in [3.63, 3.8) is 0 Å². The van der Waals surface area contributed by atoms with Crippen molar-refractivity contribution < 1.29 is 9.84 Å². The van der Waals surface area contributed by atoms with Gasteiger partial charge < -0.3 is 9.84 Å². The fraction of sp³-hybridized carbons (Fsp3) is 0.243. The molecule has 0 amide bonds. The second-order valence-electron chi connectivity index (χ2n) is 12.8. The summed E-state index contributed by atoms with van der Waals surface area (Å²) in [4.78, 5) is 0. The average Bonchev–Trinajstić information content (AvgIpc) is 2.91. The van der Waals surface area contributed by atoms with Gasteiger partial charge in [0.15, 0.2) is 0 Å². The number of hydrogen-bond donors (Lipinski definition) is 1. The van der Waals surface area contributed by atoms with E-state index >= 15 is 0 Å². The molecule has 1 aliphatic rings. The summed E-state index contributed by atoms with van der Waals surface area (Å²) in [7, 11) is 0. The minimum Gasteiger partial charge on any atom is -0.507 e. The van der Waals surface area contributed by atoms with E-state index in [2.05, 4.69) is 133 Å². The van der Waals surface area contributed by atoms with Crippen molar-refractivity contribution in [2.24, 2.45) is 0 Å². The summed E-state index contributed by atoms with van der Waals surface area (Å²) in [6.07, 6.45) is 0. The molecule has 1 aliphatic heterocycles. The van der Waals surface area contributed by atoms with Gasteiger partial charge in [0.05, 0.1) is 0 Å². The van der Waals surface area contributed by atoms with Gasteiger partial charge >= 0.3 is 0 Å². The minimum atomic E-state index is -0.223. The van der Waals surface area contributed by atoms with Crippen molar-refractivity contribution >= 4 is 10.8 Å². The van der Waals surface area contributed by atoms with Crippen LogP contribution in [0.3, 0.4) is 0 Å². The van der Waals surface area contributed by atoms with Crippen LogP contribution in [0, 0.1) is 0 Å². The SMILES string of the molecule is CC(C)(C)c1cc([C@H]2c3ccccc3Oc3c2c(-c2ccccc2)cc2ccccc32)cc(C(C)(C)C)c1O. The second kappa shape index (κ2) is 9.02. The molecule has 1 N–H and O–H groups in total. The van der Waals surface area contributed by atoms with Crippen LogP contribution in [0.2, 0.25) is 0 Å². The quantitative estimate of drug-likeness (QED) is 0.250. The molecule has 0 spiro atoms. The van der Waals surface area contributed by atoms with Crippen LogP contribution in [0.25, 0.3) is 21.9 Å². The Morgan fingerprint density at radius 2 is 1.26 bits per heavy atom. The van der Waals surface area contributed by atoms with Gasteiger partial charge in [-0.1, -0.05) is 126 Å². The summed E-state index contributed by atoms with van der Waals surface area (Å²) in [5.74, 6) is 2.14. The number of ether oxygens (including phenoxy) is 1. The van der Waals surface area contributed by atoms with E-state index in [4.69, 9.17) is 4.74 Å². The van der Waals surface area contributed by atoms with Gasteiger partial charge in [-0.25, -0.2) is 0 Å². The summed E-state index contributed by atoms with van der Waals surface area (Å²) in [6, 6.07) is 34.3. The van der Waals surface area contributed by atoms with E-state index in [9.17, 15) is 5.11 Å². The lowest BCUT2D eigenvalue weighted by Crippen LogP contribution is -2.20. The van der Waals surface area contributed by atoms with E-state index in [1.54, 1.807) is 0 Å². The Hall–Kier alpha value is -4.04. The smallest absolute Gasteiger partial charge is 0.140 e. The van der Waals surface area contributed by atoms with E-state index in [1.165, 1.54) is 22.3 Å². The lowest BCUT2D eigenvalue weighted by atomic mass is 9.73. The first-order chi connectivity index (χ1) is 18.5. The zero-order chi connectivity index (χ0) is 27.5. The molecule has 0 fully saturated rings. The van der Waals surface area contributed by atoms with E-state index in [0.29, 0.717) is 5.75 Å². The summed E-state index contributed by atoms with van der Waals surface area (Å²) in [5, 5.41) is 13.8. The number of phenolic OH excluding ortho intramolecular Hbond substituents is 1. The van der Waals surface area contributed by atoms with E-state index < -0.39 is 0 Å². The molecule has 2 nitrogen and oxygen atoms in total. The van der Waals surface area contributed by atoms with Crippen molar-refractivity contribution in [3.8, 4) is 28.4 Å². The Morgan fingerprint density at radius 3 is 1.92 bits per heavy atom. The lowest BCUT2D eigenvalue weighted by Gasteiger charge is -2.34. The van der Waals surface area contributed by atoms with E-state index in [-0.39, 0.29) is 16.7 Å². The summed E-state index contributed by atoms with van der Waals surface area (Å²) < 4.78 is 6.77. The van der Waals surface area contributed by atoms with Gasteiger partial charge in [0.1, 0.15) is 17.2 Å². The number of fused-ring (bicyclic) bond motifs is 4. The molecule has 0 aromatic heterocycles. The van der Waals surface area contributed by atoms with Crippen LogP contribution in [0.5, 0.6) is 17.2 Å². The predicted molar refractivity (Wildman–Crippen MR) is 162 cm³/mol. The maximum atomic E-state index is 11.5. The van der Waals surface area contributed by atoms with Crippen LogP contribution < -0.4 is 4.74 Å². The second-order valence-corrected chi connectivity index (χ2v) is 12.8. The van der Waals surface area contributed by atoms with Gasteiger partial charge in [-0.15, -0.1) is 0 Å². The lowest BCUT2D eigenvalue weighted by molar-refractivity contribution is 0.422. The van der Waals surface area contributed by atoms with Crippen molar-refractivity contribution in [1.29, 1.82) is 0 Å². The molecule has 0 aliphatic carbocycles. The molecular weight excluding hydrogens is 476 g/mol. The van der Waals surface area contributed by atoms with Crippen LogP contribution in [0.1, 0.15) is 75.3 Å². The zero-order valence-electron chi connectivity index (χ0n) is 23.7. The number of hydrogen-bond acceptors (Lipinski definition) is 2. The number of aromatic hydroxyl groups is 1. The Bertz CT molecular complexity index is 1660. The summed E-state index contributed by atoms with van der Waals surface area (Å²) >= 11 is 0. The number of benzene rings is 5. The van der Waals surface area contributed by atoms with Crippen molar-refractivity contribution in [2.45, 2.75) is 58.3 Å².